The Kier molecular flexibility index (Phi) is 1.75. The molecule has 0 aromatic carbocycles. The van der Waals surface area contributed by atoms with Gasteiger partial charge < -0.3 is 9.47 Å². The Morgan fingerprint density at radius 2 is 1.93 bits per heavy atom. The summed E-state index contributed by atoms with van der Waals surface area (Å²) in [5.74, 6) is -0.314. The van der Waals surface area contributed by atoms with Crippen molar-refractivity contribution in [3.63, 3.8) is 0 Å². The predicted molar refractivity (Wildman–Crippen MR) is 58.5 cm³/mol. The quantitative estimate of drug-likeness (QED) is 0.570. The fourth-order valence-electron chi connectivity index (χ4n) is 3.49. The molecule has 0 aromatic rings. The van der Waals surface area contributed by atoms with Crippen molar-refractivity contribution in [1.29, 1.82) is 0 Å². The first-order valence-corrected chi connectivity index (χ1v) is 6.01. The predicted octanol–water partition coefficient (Wildman–Crippen LogP) is 3.03. The molecule has 1 spiro atoms. The average Bonchev–Trinajstić information content (AvgIpc) is 2.44. The monoisotopic (exact) mass is 208 g/mol. The summed E-state index contributed by atoms with van der Waals surface area (Å²) < 4.78 is 12.1. The van der Waals surface area contributed by atoms with Crippen LogP contribution in [0.25, 0.3) is 0 Å². The third-order valence-corrected chi connectivity index (χ3v) is 4.63. The lowest BCUT2D eigenvalue weighted by Crippen LogP contribution is -2.54. The Morgan fingerprint density at radius 3 is 2.73 bits per heavy atom. The van der Waals surface area contributed by atoms with Gasteiger partial charge in [-0.2, -0.15) is 0 Å². The molecular formula is C13H20O2. The van der Waals surface area contributed by atoms with Gasteiger partial charge in [0.15, 0.2) is 5.79 Å². The molecule has 0 saturated carbocycles. The number of allylic oxidation sites excluding steroid dienone is 1. The SMILES string of the molecule is CC1(C)CCC=C2CO[C@@]3(C)CC[C@]21O3. The largest absolute Gasteiger partial charge is 0.346 e. The number of rotatable bonds is 0. The lowest BCUT2D eigenvalue weighted by Gasteiger charge is -2.51. The molecule has 84 valence electrons. The summed E-state index contributed by atoms with van der Waals surface area (Å²) in [7, 11) is 0. The standard InChI is InChI=1S/C13H20O2/c1-11(2)6-4-5-10-9-14-12(3)7-8-13(10,11)15-12/h5H,4,6-9H2,1-3H3/t12-,13+/m1/s1. The van der Waals surface area contributed by atoms with Crippen molar-refractivity contribution in [1.82, 2.24) is 0 Å². The van der Waals surface area contributed by atoms with Crippen molar-refractivity contribution in [2.75, 3.05) is 6.61 Å². The van der Waals surface area contributed by atoms with Crippen molar-refractivity contribution in [3.05, 3.63) is 11.6 Å². The number of hydrogen-bond donors (Lipinski definition) is 0. The first kappa shape index (κ1) is 9.86. The van der Waals surface area contributed by atoms with Gasteiger partial charge in [0, 0.05) is 6.42 Å². The Bertz CT molecular complexity index is 331. The molecule has 0 aromatic heterocycles. The second-order valence-electron chi connectivity index (χ2n) is 6.00. The van der Waals surface area contributed by atoms with E-state index in [4.69, 9.17) is 9.47 Å². The van der Waals surface area contributed by atoms with Gasteiger partial charge in [-0.15, -0.1) is 0 Å². The fourth-order valence-corrected chi connectivity index (χ4v) is 3.49. The molecule has 3 rings (SSSR count). The number of hydrogen-bond acceptors (Lipinski definition) is 2. The van der Waals surface area contributed by atoms with Crippen LogP contribution in [0.1, 0.15) is 46.5 Å². The second-order valence-corrected chi connectivity index (χ2v) is 6.00. The van der Waals surface area contributed by atoms with E-state index >= 15 is 0 Å². The van der Waals surface area contributed by atoms with Crippen molar-refractivity contribution >= 4 is 0 Å². The van der Waals surface area contributed by atoms with Crippen LogP contribution < -0.4 is 0 Å². The van der Waals surface area contributed by atoms with Gasteiger partial charge in [0.05, 0.1) is 6.61 Å². The molecular weight excluding hydrogens is 188 g/mol. The Labute approximate surface area is 91.6 Å². The Balaban J connectivity index is 2.09. The van der Waals surface area contributed by atoms with E-state index < -0.39 is 0 Å². The number of fused-ring (bicyclic) bond motifs is 1. The molecule has 15 heavy (non-hydrogen) atoms. The van der Waals surface area contributed by atoms with Gasteiger partial charge in [-0.1, -0.05) is 19.9 Å². The summed E-state index contributed by atoms with van der Waals surface area (Å²) in [5.41, 5.74) is 1.64. The molecule has 0 unspecified atom stereocenters. The molecule has 2 nitrogen and oxygen atoms in total. The smallest absolute Gasteiger partial charge is 0.167 e. The molecule has 1 aliphatic carbocycles. The lowest BCUT2D eigenvalue weighted by atomic mass is 9.64. The van der Waals surface area contributed by atoms with Crippen molar-refractivity contribution < 1.29 is 9.47 Å². The molecule has 2 atom stereocenters. The van der Waals surface area contributed by atoms with Crippen LogP contribution in [0.4, 0.5) is 0 Å². The third-order valence-electron chi connectivity index (χ3n) is 4.63. The molecule has 3 aliphatic rings. The topological polar surface area (TPSA) is 18.5 Å². The maximum absolute atomic E-state index is 6.30. The van der Waals surface area contributed by atoms with Gasteiger partial charge >= 0.3 is 0 Å². The lowest BCUT2D eigenvalue weighted by molar-refractivity contribution is -0.280. The summed E-state index contributed by atoms with van der Waals surface area (Å²) in [6.45, 7) is 7.55. The molecule has 0 amide bonds. The maximum atomic E-state index is 6.30. The second kappa shape index (κ2) is 2.67. The maximum Gasteiger partial charge on any atom is 0.167 e. The molecule has 2 fully saturated rings. The highest BCUT2D eigenvalue weighted by Crippen LogP contribution is 2.58. The summed E-state index contributed by atoms with van der Waals surface area (Å²) in [5, 5.41) is 0. The number of ether oxygens (including phenoxy) is 2. The summed E-state index contributed by atoms with van der Waals surface area (Å²) >= 11 is 0. The minimum Gasteiger partial charge on any atom is -0.346 e. The minimum atomic E-state index is -0.314. The highest BCUT2D eigenvalue weighted by molar-refractivity contribution is 5.30. The average molecular weight is 208 g/mol. The highest BCUT2D eigenvalue weighted by Gasteiger charge is 2.60. The van der Waals surface area contributed by atoms with Crippen molar-refractivity contribution in [2.24, 2.45) is 5.41 Å². The van der Waals surface area contributed by atoms with Gasteiger partial charge in [-0.3, -0.25) is 0 Å². The zero-order valence-corrected chi connectivity index (χ0v) is 9.93. The Morgan fingerprint density at radius 1 is 1.13 bits per heavy atom. The van der Waals surface area contributed by atoms with E-state index in [2.05, 4.69) is 26.8 Å². The molecule has 2 heteroatoms. The van der Waals surface area contributed by atoms with Gasteiger partial charge in [0.1, 0.15) is 5.60 Å². The normalized spacial score (nSPS) is 47.3. The van der Waals surface area contributed by atoms with Crippen molar-refractivity contribution in [3.8, 4) is 0 Å². The van der Waals surface area contributed by atoms with Crippen molar-refractivity contribution in [2.45, 2.75) is 57.8 Å². The highest BCUT2D eigenvalue weighted by atomic mass is 16.7. The minimum absolute atomic E-state index is 0.0156. The van der Waals surface area contributed by atoms with Crippen LogP contribution in [0.15, 0.2) is 11.6 Å². The van der Waals surface area contributed by atoms with E-state index in [0.29, 0.717) is 0 Å². The van der Waals surface area contributed by atoms with Crippen LogP contribution in [-0.4, -0.2) is 18.0 Å². The molecule has 2 saturated heterocycles. The van der Waals surface area contributed by atoms with E-state index in [1.54, 1.807) is 0 Å². The third kappa shape index (κ3) is 1.12. The summed E-state index contributed by atoms with van der Waals surface area (Å²) in [4.78, 5) is 0. The van der Waals surface area contributed by atoms with E-state index in [-0.39, 0.29) is 16.8 Å². The van der Waals surface area contributed by atoms with Crippen LogP contribution in [0.3, 0.4) is 0 Å². The molecule has 2 heterocycles. The van der Waals surface area contributed by atoms with Crippen LogP contribution >= 0.6 is 0 Å². The zero-order chi connectivity index (χ0) is 10.7. The van der Waals surface area contributed by atoms with Gasteiger partial charge in [0.2, 0.25) is 0 Å². The Hall–Kier alpha value is -0.340. The molecule has 0 radical (unpaired) electrons. The molecule has 2 bridgehead atoms. The zero-order valence-electron chi connectivity index (χ0n) is 9.93. The van der Waals surface area contributed by atoms with Crippen LogP contribution in [0, 0.1) is 5.41 Å². The summed E-state index contributed by atoms with van der Waals surface area (Å²) in [6, 6.07) is 0. The van der Waals surface area contributed by atoms with E-state index in [1.807, 2.05) is 0 Å². The van der Waals surface area contributed by atoms with Gasteiger partial charge in [-0.25, -0.2) is 0 Å². The van der Waals surface area contributed by atoms with Crippen LogP contribution in [0.2, 0.25) is 0 Å². The van der Waals surface area contributed by atoms with Gasteiger partial charge in [-0.05, 0) is 37.2 Å². The first-order chi connectivity index (χ1) is 6.98. The summed E-state index contributed by atoms with van der Waals surface area (Å²) in [6.07, 6.45) is 6.91. The van der Waals surface area contributed by atoms with Crippen LogP contribution in [-0.2, 0) is 9.47 Å². The molecule has 2 aliphatic heterocycles. The molecule has 0 N–H and O–H groups in total. The fraction of sp³-hybridized carbons (Fsp3) is 0.846. The van der Waals surface area contributed by atoms with Crippen LogP contribution in [0.5, 0.6) is 0 Å². The van der Waals surface area contributed by atoms with E-state index in [1.165, 1.54) is 18.4 Å². The van der Waals surface area contributed by atoms with E-state index in [9.17, 15) is 0 Å². The van der Waals surface area contributed by atoms with Gasteiger partial charge in [0.25, 0.3) is 0 Å². The van der Waals surface area contributed by atoms with E-state index in [0.717, 1.165) is 19.4 Å². The first-order valence-electron chi connectivity index (χ1n) is 6.01.